The summed E-state index contributed by atoms with van der Waals surface area (Å²) >= 11 is 6.26. The topological polar surface area (TPSA) is 36.3 Å². The Morgan fingerprint density at radius 2 is 2.10 bits per heavy atom. The second-order valence-corrected chi connectivity index (χ2v) is 5.47. The van der Waals surface area contributed by atoms with Gasteiger partial charge in [0.1, 0.15) is 11.6 Å². The third-order valence-corrected chi connectivity index (χ3v) is 3.43. The van der Waals surface area contributed by atoms with E-state index < -0.39 is 0 Å². The van der Waals surface area contributed by atoms with Crippen molar-refractivity contribution in [3.8, 4) is 5.75 Å². The molecule has 2 rings (SSSR count). The predicted octanol–water partition coefficient (Wildman–Crippen LogP) is 3.77. The van der Waals surface area contributed by atoms with Crippen LogP contribution in [0.5, 0.6) is 5.75 Å². The van der Waals surface area contributed by atoms with Crippen molar-refractivity contribution >= 4 is 22.6 Å². The second kappa shape index (κ2) is 6.46. The van der Waals surface area contributed by atoms with Crippen LogP contribution in [0.1, 0.15) is 32.0 Å². The van der Waals surface area contributed by atoms with Crippen molar-refractivity contribution in [2.75, 3.05) is 13.7 Å². The fourth-order valence-corrected chi connectivity index (χ4v) is 2.50. The SMILES string of the molecule is CCOC(C)Cn1c(C(C)Cl)nc2ccc(OC)cc21. The first-order valence-corrected chi connectivity index (χ1v) is 7.30. The number of benzene rings is 1. The molecular weight excluding hydrogens is 276 g/mol. The normalized spacial score (nSPS) is 14.4. The molecule has 0 amide bonds. The summed E-state index contributed by atoms with van der Waals surface area (Å²) in [6.07, 6.45) is 0.109. The number of alkyl halides is 1. The van der Waals surface area contributed by atoms with E-state index in [1.165, 1.54) is 0 Å². The molecular formula is C15H21ClN2O2. The third kappa shape index (κ3) is 3.07. The molecule has 0 saturated carbocycles. The molecule has 2 atom stereocenters. The number of hydrogen-bond donors (Lipinski definition) is 0. The summed E-state index contributed by atoms with van der Waals surface area (Å²) < 4.78 is 13.0. The summed E-state index contributed by atoms with van der Waals surface area (Å²) in [5.74, 6) is 1.68. The van der Waals surface area contributed by atoms with Gasteiger partial charge in [-0.3, -0.25) is 0 Å². The molecule has 0 saturated heterocycles. The third-order valence-electron chi connectivity index (χ3n) is 3.23. The van der Waals surface area contributed by atoms with Gasteiger partial charge in [0.15, 0.2) is 0 Å². The number of rotatable bonds is 6. The van der Waals surface area contributed by atoms with E-state index in [0.717, 1.165) is 29.2 Å². The van der Waals surface area contributed by atoms with Crippen LogP contribution < -0.4 is 4.74 Å². The highest BCUT2D eigenvalue weighted by Crippen LogP contribution is 2.27. The fraction of sp³-hybridized carbons (Fsp3) is 0.533. The van der Waals surface area contributed by atoms with E-state index >= 15 is 0 Å². The zero-order chi connectivity index (χ0) is 14.7. The van der Waals surface area contributed by atoms with Crippen LogP contribution in [-0.4, -0.2) is 29.4 Å². The van der Waals surface area contributed by atoms with E-state index in [2.05, 4.69) is 16.5 Å². The van der Waals surface area contributed by atoms with E-state index in [4.69, 9.17) is 21.1 Å². The van der Waals surface area contributed by atoms with Gasteiger partial charge in [0.2, 0.25) is 0 Å². The Morgan fingerprint density at radius 3 is 2.70 bits per heavy atom. The molecule has 0 N–H and O–H groups in total. The number of nitrogens with zero attached hydrogens (tertiary/aromatic N) is 2. The van der Waals surface area contributed by atoms with Crippen LogP contribution in [0.25, 0.3) is 11.0 Å². The lowest BCUT2D eigenvalue weighted by molar-refractivity contribution is 0.0642. The molecule has 0 spiro atoms. The number of hydrogen-bond acceptors (Lipinski definition) is 3. The zero-order valence-electron chi connectivity index (χ0n) is 12.4. The maximum atomic E-state index is 6.26. The van der Waals surface area contributed by atoms with Crippen LogP contribution >= 0.6 is 11.6 Å². The van der Waals surface area contributed by atoms with Gasteiger partial charge in [-0.2, -0.15) is 0 Å². The first-order chi connectivity index (χ1) is 9.56. The molecule has 0 bridgehead atoms. The summed E-state index contributed by atoms with van der Waals surface area (Å²) in [6.45, 7) is 7.41. The molecule has 0 radical (unpaired) electrons. The van der Waals surface area contributed by atoms with Crippen LogP contribution in [-0.2, 0) is 11.3 Å². The minimum atomic E-state index is -0.151. The highest BCUT2D eigenvalue weighted by atomic mass is 35.5. The van der Waals surface area contributed by atoms with Gasteiger partial charge in [0.05, 0.1) is 36.2 Å². The average Bonchev–Trinajstić information content (AvgIpc) is 2.77. The van der Waals surface area contributed by atoms with E-state index in [1.54, 1.807) is 7.11 Å². The van der Waals surface area contributed by atoms with Crippen molar-refractivity contribution in [3.63, 3.8) is 0 Å². The quantitative estimate of drug-likeness (QED) is 0.761. The van der Waals surface area contributed by atoms with Gasteiger partial charge in [-0.05, 0) is 32.9 Å². The molecule has 2 unspecified atom stereocenters. The molecule has 110 valence electrons. The van der Waals surface area contributed by atoms with Crippen LogP contribution in [0.15, 0.2) is 18.2 Å². The summed E-state index contributed by atoms with van der Waals surface area (Å²) in [7, 11) is 1.66. The lowest BCUT2D eigenvalue weighted by Gasteiger charge is -2.16. The monoisotopic (exact) mass is 296 g/mol. The summed E-state index contributed by atoms with van der Waals surface area (Å²) in [6, 6.07) is 5.86. The number of ether oxygens (including phenoxy) is 2. The molecule has 1 aromatic carbocycles. The highest BCUT2D eigenvalue weighted by Gasteiger charge is 2.17. The van der Waals surface area contributed by atoms with Gasteiger partial charge in [-0.1, -0.05) is 0 Å². The number of halogens is 1. The Balaban J connectivity index is 2.48. The minimum Gasteiger partial charge on any atom is -0.497 e. The Labute approximate surface area is 124 Å². The van der Waals surface area contributed by atoms with Crippen molar-refractivity contribution < 1.29 is 9.47 Å². The molecule has 0 aliphatic carbocycles. The minimum absolute atomic E-state index is 0.109. The first-order valence-electron chi connectivity index (χ1n) is 6.86. The molecule has 1 aromatic heterocycles. The Kier molecular flexibility index (Phi) is 4.89. The van der Waals surface area contributed by atoms with Gasteiger partial charge in [-0.25, -0.2) is 4.98 Å². The van der Waals surface area contributed by atoms with E-state index in [1.807, 2.05) is 32.0 Å². The Morgan fingerprint density at radius 1 is 1.35 bits per heavy atom. The van der Waals surface area contributed by atoms with Crippen molar-refractivity contribution in [2.45, 2.75) is 38.8 Å². The van der Waals surface area contributed by atoms with Crippen LogP contribution in [0.4, 0.5) is 0 Å². The Bertz CT molecular complexity index is 581. The molecule has 4 nitrogen and oxygen atoms in total. The maximum Gasteiger partial charge on any atom is 0.127 e. The number of methoxy groups -OCH3 is 1. The predicted molar refractivity (Wildman–Crippen MR) is 81.6 cm³/mol. The molecule has 2 aromatic rings. The second-order valence-electron chi connectivity index (χ2n) is 4.82. The molecule has 20 heavy (non-hydrogen) atoms. The van der Waals surface area contributed by atoms with Gasteiger partial charge < -0.3 is 14.0 Å². The number of imidazole rings is 1. The largest absolute Gasteiger partial charge is 0.497 e. The van der Waals surface area contributed by atoms with Crippen LogP contribution in [0, 0.1) is 0 Å². The standard InChI is InChI=1S/C15H21ClN2O2/c1-5-20-10(2)9-18-14-8-12(19-4)6-7-13(14)17-15(18)11(3)16/h6-8,10-11H,5,9H2,1-4H3. The van der Waals surface area contributed by atoms with Gasteiger partial charge in [0.25, 0.3) is 0 Å². The van der Waals surface area contributed by atoms with Crippen molar-refractivity contribution in [1.29, 1.82) is 0 Å². The highest BCUT2D eigenvalue weighted by molar-refractivity contribution is 6.20. The van der Waals surface area contributed by atoms with Gasteiger partial charge in [-0.15, -0.1) is 11.6 Å². The number of fused-ring (bicyclic) bond motifs is 1. The van der Waals surface area contributed by atoms with Crippen molar-refractivity contribution in [2.24, 2.45) is 0 Å². The molecule has 1 heterocycles. The zero-order valence-corrected chi connectivity index (χ0v) is 13.1. The molecule has 0 aliphatic heterocycles. The summed E-state index contributed by atoms with van der Waals surface area (Å²) in [4.78, 5) is 4.62. The molecule has 5 heteroatoms. The van der Waals surface area contributed by atoms with Crippen molar-refractivity contribution in [1.82, 2.24) is 9.55 Å². The van der Waals surface area contributed by atoms with E-state index in [0.29, 0.717) is 6.61 Å². The summed E-state index contributed by atoms with van der Waals surface area (Å²) in [5.41, 5.74) is 1.95. The maximum absolute atomic E-state index is 6.26. The first kappa shape index (κ1) is 15.1. The van der Waals surface area contributed by atoms with E-state index in [-0.39, 0.29) is 11.5 Å². The summed E-state index contributed by atoms with van der Waals surface area (Å²) in [5, 5.41) is -0.151. The van der Waals surface area contributed by atoms with Gasteiger partial charge in [0, 0.05) is 12.7 Å². The van der Waals surface area contributed by atoms with Gasteiger partial charge >= 0.3 is 0 Å². The van der Waals surface area contributed by atoms with E-state index in [9.17, 15) is 0 Å². The number of aromatic nitrogens is 2. The lowest BCUT2D eigenvalue weighted by Crippen LogP contribution is -2.18. The van der Waals surface area contributed by atoms with Crippen LogP contribution in [0.2, 0.25) is 0 Å². The Hall–Kier alpha value is -1.26. The lowest BCUT2D eigenvalue weighted by atomic mass is 10.3. The smallest absolute Gasteiger partial charge is 0.127 e. The molecule has 0 aliphatic rings. The average molecular weight is 297 g/mol. The van der Waals surface area contributed by atoms with Crippen LogP contribution in [0.3, 0.4) is 0 Å². The molecule has 0 fully saturated rings. The fourth-order valence-electron chi connectivity index (χ4n) is 2.34. The van der Waals surface area contributed by atoms with Crippen molar-refractivity contribution in [3.05, 3.63) is 24.0 Å².